The van der Waals surface area contributed by atoms with E-state index in [0.717, 1.165) is 34.0 Å². The second-order valence-electron chi connectivity index (χ2n) is 7.61. The first-order valence-electron chi connectivity index (χ1n) is 9.91. The van der Waals surface area contributed by atoms with Gasteiger partial charge in [-0.3, -0.25) is 14.3 Å². The largest absolute Gasteiger partial charge is 0.453 e. The second-order valence-corrected chi connectivity index (χ2v) is 7.61. The van der Waals surface area contributed by atoms with Crippen LogP contribution < -0.4 is 5.32 Å². The SMILES string of the molecule is Cc1cc2nc(C)c(CCC(=O)O[C@H](C)C(=O)Nc3c(C)nn(C)c3C)c(C)n2n1. The average molecular weight is 412 g/mol. The Bertz CT molecular complexity index is 1130. The van der Waals surface area contributed by atoms with Crippen molar-refractivity contribution in [3.8, 4) is 0 Å². The highest BCUT2D eigenvalue weighted by Gasteiger charge is 2.21. The summed E-state index contributed by atoms with van der Waals surface area (Å²) in [6.07, 6.45) is -0.293. The summed E-state index contributed by atoms with van der Waals surface area (Å²) in [6, 6.07) is 1.92. The molecule has 0 radical (unpaired) electrons. The first kappa shape index (κ1) is 21.5. The topological polar surface area (TPSA) is 103 Å². The zero-order valence-corrected chi connectivity index (χ0v) is 18.5. The van der Waals surface area contributed by atoms with Crippen LogP contribution in [0.25, 0.3) is 5.65 Å². The van der Waals surface area contributed by atoms with Gasteiger partial charge in [-0.15, -0.1) is 0 Å². The first-order chi connectivity index (χ1) is 14.1. The van der Waals surface area contributed by atoms with Gasteiger partial charge in [0.1, 0.15) is 0 Å². The van der Waals surface area contributed by atoms with Crippen LogP contribution >= 0.6 is 0 Å². The standard InChI is InChI=1S/C21H28N6O3/c1-11-10-18-22-12(2)17(14(4)27(18)24-11)8-9-19(28)30-16(6)21(29)23-20-13(3)25-26(7)15(20)5/h10,16H,8-9H2,1-7H3,(H,23,29)/t16-/m1/s1. The van der Waals surface area contributed by atoms with Crippen molar-refractivity contribution in [2.24, 2.45) is 7.05 Å². The molecule has 0 bridgehead atoms. The molecule has 3 aromatic heterocycles. The van der Waals surface area contributed by atoms with Crippen LogP contribution in [0.2, 0.25) is 0 Å². The molecule has 0 spiro atoms. The molecule has 30 heavy (non-hydrogen) atoms. The van der Waals surface area contributed by atoms with Gasteiger partial charge in [0.25, 0.3) is 5.91 Å². The van der Waals surface area contributed by atoms with Crippen molar-refractivity contribution in [1.82, 2.24) is 24.4 Å². The monoisotopic (exact) mass is 412 g/mol. The number of ether oxygens (including phenoxy) is 1. The number of carbonyl (C=O) groups excluding carboxylic acids is 2. The Morgan fingerprint density at radius 2 is 1.80 bits per heavy atom. The number of fused-ring (bicyclic) bond motifs is 1. The number of amides is 1. The number of anilines is 1. The number of aryl methyl sites for hydroxylation is 5. The summed E-state index contributed by atoms with van der Waals surface area (Å²) in [4.78, 5) is 29.4. The molecule has 3 heterocycles. The molecule has 160 valence electrons. The molecular formula is C21H28N6O3. The normalized spacial score (nSPS) is 12.2. The molecule has 9 nitrogen and oxygen atoms in total. The summed E-state index contributed by atoms with van der Waals surface area (Å²) in [5.74, 6) is -0.821. The van der Waals surface area contributed by atoms with Crippen molar-refractivity contribution in [2.45, 2.75) is 60.5 Å². The highest BCUT2D eigenvalue weighted by atomic mass is 16.5. The van der Waals surface area contributed by atoms with E-state index in [1.165, 1.54) is 0 Å². The summed E-state index contributed by atoms with van der Waals surface area (Å²) in [5.41, 5.74) is 6.65. The van der Waals surface area contributed by atoms with E-state index >= 15 is 0 Å². The van der Waals surface area contributed by atoms with Crippen molar-refractivity contribution < 1.29 is 14.3 Å². The molecule has 1 N–H and O–H groups in total. The fraction of sp³-hybridized carbons (Fsp3) is 0.476. The van der Waals surface area contributed by atoms with Crippen LogP contribution in [0.1, 0.15) is 47.4 Å². The summed E-state index contributed by atoms with van der Waals surface area (Å²) in [5, 5.41) is 11.5. The molecule has 0 aromatic carbocycles. The minimum absolute atomic E-state index is 0.150. The van der Waals surface area contributed by atoms with Crippen molar-refractivity contribution in [3.63, 3.8) is 0 Å². The molecule has 0 saturated carbocycles. The Kier molecular flexibility index (Phi) is 5.91. The summed E-state index contributed by atoms with van der Waals surface area (Å²) in [7, 11) is 1.81. The van der Waals surface area contributed by atoms with Gasteiger partial charge >= 0.3 is 5.97 Å². The van der Waals surface area contributed by atoms with E-state index in [-0.39, 0.29) is 12.3 Å². The Morgan fingerprint density at radius 1 is 1.10 bits per heavy atom. The third kappa shape index (κ3) is 4.19. The lowest BCUT2D eigenvalue weighted by Crippen LogP contribution is -2.30. The smallest absolute Gasteiger partial charge is 0.306 e. The van der Waals surface area contributed by atoms with E-state index in [9.17, 15) is 9.59 Å². The van der Waals surface area contributed by atoms with Crippen LogP contribution in [0.5, 0.6) is 0 Å². The molecule has 1 amide bonds. The molecular weight excluding hydrogens is 384 g/mol. The molecule has 9 heteroatoms. The molecule has 0 aliphatic rings. The van der Waals surface area contributed by atoms with E-state index in [4.69, 9.17) is 4.74 Å². The molecule has 0 unspecified atom stereocenters. The highest BCUT2D eigenvalue weighted by Crippen LogP contribution is 2.20. The lowest BCUT2D eigenvalue weighted by Gasteiger charge is -2.15. The number of carbonyl (C=O) groups is 2. The van der Waals surface area contributed by atoms with Gasteiger partial charge in [-0.1, -0.05) is 0 Å². The van der Waals surface area contributed by atoms with E-state index in [1.54, 1.807) is 16.1 Å². The van der Waals surface area contributed by atoms with Crippen LogP contribution in [0, 0.1) is 34.6 Å². The highest BCUT2D eigenvalue weighted by molar-refractivity contribution is 5.96. The number of hydrogen-bond acceptors (Lipinski definition) is 6. The Morgan fingerprint density at radius 3 is 2.43 bits per heavy atom. The second kappa shape index (κ2) is 8.25. The molecule has 0 aliphatic heterocycles. The minimum Gasteiger partial charge on any atom is -0.453 e. The molecule has 0 saturated heterocycles. The molecule has 0 fully saturated rings. The van der Waals surface area contributed by atoms with Gasteiger partial charge in [-0.05, 0) is 53.5 Å². The Balaban J connectivity index is 1.61. The van der Waals surface area contributed by atoms with Crippen molar-refractivity contribution in [1.29, 1.82) is 0 Å². The quantitative estimate of drug-likeness (QED) is 0.624. The van der Waals surface area contributed by atoms with Gasteiger partial charge in [0, 0.05) is 30.9 Å². The number of rotatable bonds is 6. The number of nitrogens with zero attached hydrogens (tertiary/aromatic N) is 5. The van der Waals surface area contributed by atoms with E-state index in [0.29, 0.717) is 17.8 Å². The van der Waals surface area contributed by atoms with Gasteiger partial charge in [0.05, 0.1) is 22.8 Å². The molecule has 3 aromatic rings. The van der Waals surface area contributed by atoms with Crippen molar-refractivity contribution in [2.75, 3.05) is 5.32 Å². The summed E-state index contributed by atoms with van der Waals surface area (Å²) < 4.78 is 8.82. The lowest BCUT2D eigenvalue weighted by molar-refractivity contribution is -0.153. The van der Waals surface area contributed by atoms with Crippen LogP contribution in [0.3, 0.4) is 0 Å². The fourth-order valence-corrected chi connectivity index (χ4v) is 3.52. The van der Waals surface area contributed by atoms with Gasteiger partial charge < -0.3 is 10.1 Å². The maximum Gasteiger partial charge on any atom is 0.306 e. The summed E-state index contributed by atoms with van der Waals surface area (Å²) >= 11 is 0. The van der Waals surface area contributed by atoms with E-state index < -0.39 is 12.1 Å². The van der Waals surface area contributed by atoms with Gasteiger partial charge in [-0.25, -0.2) is 9.50 Å². The van der Waals surface area contributed by atoms with Gasteiger partial charge in [-0.2, -0.15) is 10.2 Å². The van der Waals surface area contributed by atoms with Crippen molar-refractivity contribution >= 4 is 23.2 Å². The number of nitrogens with one attached hydrogen (secondary N) is 1. The van der Waals surface area contributed by atoms with Crippen LogP contribution in [-0.2, 0) is 27.8 Å². The third-order valence-electron chi connectivity index (χ3n) is 5.30. The summed E-state index contributed by atoms with van der Waals surface area (Å²) in [6.45, 7) is 11.0. The number of esters is 1. The van der Waals surface area contributed by atoms with Crippen LogP contribution in [0.15, 0.2) is 6.07 Å². The fourth-order valence-electron chi connectivity index (χ4n) is 3.52. The van der Waals surface area contributed by atoms with Gasteiger partial charge in [0.15, 0.2) is 11.8 Å². The Labute approximate surface area is 175 Å². The molecule has 0 aliphatic carbocycles. The predicted octanol–water partition coefficient (Wildman–Crippen LogP) is 2.51. The zero-order chi connectivity index (χ0) is 22.2. The molecule has 3 rings (SSSR count). The maximum atomic E-state index is 12.4. The van der Waals surface area contributed by atoms with E-state index in [1.807, 2.05) is 47.7 Å². The minimum atomic E-state index is -0.909. The predicted molar refractivity (Wildman–Crippen MR) is 112 cm³/mol. The van der Waals surface area contributed by atoms with Crippen molar-refractivity contribution in [3.05, 3.63) is 40.1 Å². The van der Waals surface area contributed by atoms with Crippen LogP contribution in [-0.4, -0.2) is 42.4 Å². The van der Waals surface area contributed by atoms with E-state index in [2.05, 4.69) is 20.5 Å². The average Bonchev–Trinajstić information content (AvgIpc) is 3.15. The van der Waals surface area contributed by atoms with Crippen LogP contribution in [0.4, 0.5) is 5.69 Å². The maximum absolute atomic E-state index is 12.4. The van der Waals surface area contributed by atoms with Gasteiger partial charge in [0.2, 0.25) is 0 Å². The first-order valence-corrected chi connectivity index (χ1v) is 9.91. The number of hydrogen-bond donors (Lipinski definition) is 1. The lowest BCUT2D eigenvalue weighted by atomic mass is 10.1. The zero-order valence-electron chi connectivity index (χ0n) is 18.5. The third-order valence-corrected chi connectivity index (χ3v) is 5.30. The number of aromatic nitrogens is 5. The molecule has 1 atom stereocenters. The Hall–Kier alpha value is -3.23.